The Morgan fingerprint density at radius 1 is 0.842 bits per heavy atom. The summed E-state index contributed by atoms with van der Waals surface area (Å²) in [6.45, 7) is 5.58. The van der Waals surface area contributed by atoms with Crippen LogP contribution in [0.5, 0.6) is 11.5 Å². The molecule has 3 aromatic rings. The van der Waals surface area contributed by atoms with Crippen molar-refractivity contribution in [2.75, 3.05) is 97.3 Å². The van der Waals surface area contributed by atoms with Crippen LogP contribution in [0.3, 0.4) is 0 Å². The van der Waals surface area contributed by atoms with Crippen LogP contribution in [0.4, 0.5) is 5.69 Å². The minimum atomic E-state index is -1.08. The molecule has 4 fully saturated rings. The molecular weight excluding hydrogens is 996 g/mol. The number of primary amides is 1. The zero-order valence-corrected chi connectivity index (χ0v) is 44.4. The molecule has 6 aliphatic rings. The summed E-state index contributed by atoms with van der Waals surface area (Å²) in [6, 6.07) is 16.3. The van der Waals surface area contributed by atoms with Crippen LogP contribution in [0.15, 0.2) is 54.6 Å². The van der Waals surface area contributed by atoms with Crippen LogP contribution in [-0.2, 0) is 51.7 Å². The van der Waals surface area contributed by atoms with Crippen molar-refractivity contribution in [3.8, 4) is 11.5 Å². The first-order chi connectivity index (χ1) is 36.5. The van der Waals surface area contributed by atoms with Crippen molar-refractivity contribution in [1.29, 1.82) is 0 Å². The van der Waals surface area contributed by atoms with E-state index in [-0.39, 0.29) is 69.0 Å². The first kappa shape index (κ1) is 54.9. The van der Waals surface area contributed by atoms with E-state index in [0.717, 1.165) is 74.2 Å². The quantitative estimate of drug-likeness (QED) is 0.0842. The summed E-state index contributed by atoms with van der Waals surface area (Å²) in [7, 11) is 2.02. The van der Waals surface area contributed by atoms with Crippen LogP contribution in [0.2, 0.25) is 5.02 Å². The third kappa shape index (κ3) is 11.7. The van der Waals surface area contributed by atoms with Crippen LogP contribution in [0.25, 0.3) is 0 Å². The minimum Gasteiger partial charge on any atom is -0.504 e. The number of hydrogen-bond acceptors (Lipinski definition) is 13. The number of aliphatic hydroxyl groups is 1. The van der Waals surface area contributed by atoms with Gasteiger partial charge in [0, 0.05) is 66.5 Å². The number of halogens is 1. The SMILES string of the molecule is Cc1ccc(N(CCCN2CCC(Cc3ccc(C(N)=O)cc3)CC2)C(=O)C2CCN(C(=O)COCC(=O)NCCNC(=O)COCC(=O)N[C@H]3CC[C@@]4(O)C5Cc6ccc(O)c7c6[C@@]4(CCN5C)C3O7)CC2)cc1Cl. The summed E-state index contributed by atoms with van der Waals surface area (Å²) in [5.74, 6) is -1.35. The molecule has 9 rings (SSSR count). The van der Waals surface area contributed by atoms with E-state index in [4.69, 9.17) is 31.5 Å². The fraction of sp³-hybridized carbons (Fsp3) is 0.571. The fourth-order valence-corrected chi connectivity index (χ4v) is 13.1. The second-order valence-corrected chi connectivity index (χ2v) is 22.1. The van der Waals surface area contributed by atoms with Gasteiger partial charge in [-0.2, -0.15) is 0 Å². The molecule has 4 aliphatic heterocycles. The van der Waals surface area contributed by atoms with Crippen LogP contribution < -0.4 is 31.3 Å². The number of piperidine rings is 3. The number of aromatic hydroxyl groups is 1. The lowest BCUT2D eigenvalue weighted by Crippen LogP contribution is -2.77. The van der Waals surface area contributed by atoms with E-state index >= 15 is 0 Å². The zero-order chi connectivity index (χ0) is 53.7. The summed E-state index contributed by atoms with van der Waals surface area (Å²) in [6.07, 6.45) is 6.50. The number of nitrogens with one attached hydrogen (secondary N) is 3. The number of rotatable bonds is 21. The van der Waals surface area contributed by atoms with Crippen molar-refractivity contribution in [3.05, 3.63) is 87.4 Å². The zero-order valence-electron chi connectivity index (χ0n) is 43.7. The molecule has 3 saturated heterocycles. The Kier molecular flexibility index (Phi) is 17.2. The Morgan fingerprint density at radius 3 is 2.21 bits per heavy atom. The second-order valence-electron chi connectivity index (χ2n) is 21.7. The number of phenolic OH excluding ortho intramolecular Hbond substituents is 1. The van der Waals surface area contributed by atoms with Crippen LogP contribution in [0, 0.1) is 18.8 Å². The number of carbonyl (C=O) groups is 6. The van der Waals surface area contributed by atoms with E-state index in [1.54, 1.807) is 23.1 Å². The van der Waals surface area contributed by atoms with Crippen molar-refractivity contribution < 1.29 is 53.2 Å². The normalized spacial score (nSPS) is 24.3. The predicted molar refractivity (Wildman–Crippen MR) is 283 cm³/mol. The van der Waals surface area contributed by atoms with E-state index in [0.29, 0.717) is 80.4 Å². The first-order valence-electron chi connectivity index (χ1n) is 26.9. The average molecular weight is 1070 g/mol. The topological polar surface area (TPSA) is 246 Å². The van der Waals surface area contributed by atoms with Gasteiger partial charge in [0.2, 0.25) is 35.4 Å². The lowest BCUT2D eigenvalue weighted by molar-refractivity contribution is -0.187. The number of ether oxygens (including phenoxy) is 3. The highest BCUT2D eigenvalue weighted by Crippen LogP contribution is 2.65. The summed E-state index contributed by atoms with van der Waals surface area (Å²) < 4.78 is 17.3. The molecule has 4 heterocycles. The third-order valence-corrected chi connectivity index (χ3v) is 17.4. The molecule has 5 atom stereocenters. The Labute approximate surface area is 449 Å². The first-order valence-corrected chi connectivity index (χ1v) is 27.3. The van der Waals surface area contributed by atoms with E-state index in [9.17, 15) is 39.0 Å². The molecular formula is C56H73ClN8O11. The molecule has 20 heteroatoms. The molecule has 0 radical (unpaired) electrons. The number of aryl methyl sites for hydroxylation is 1. The summed E-state index contributed by atoms with van der Waals surface area (Å²) in [4.78, 5) is 85.0. The highest BCUT2D eigenvalue weighted by atomic mass is 35.5. The standard InChI is InChI=1S/C56H73ClN8O11/c1-35-4-10-41(30-42(35)57)65(22-3-21-63-23-13-37(14-24-63)28-36-5-7-38(8-6-36)53(58)71)54(72)39-15-25-64(26-16-39)49(70)34-75-32-47(68)60-20-19-59-46(67)31-74-33-48(69)61-43-12-17-56(73)45-29-40-9-11-44(66)51-50(40)55(56,52(43)76-51)18-27-62(45)2/h4-11,30,37,39,43,45,52,66,73H,3,12-29,31-34H2,1-2H3,(H2,58,71)(H,59,67)(H,60,68)(H,61,69)/t43-,45?,52?,55-,56+/m0/s1. The van der Waals surface area contributed by atoms with Crippen molar-refractivity contribution in [3.63, 3.8) is 0 Å². The molecule has 410 valence electrons. The Hall–Kier alpha value is -5.83. The maximum absolute atomic E-state index is 14.2. The number of benzene rings is 3. The van der Waals surface area contributed by atoms with Crippen LogP contribution >= 0.6 is 11.6 Å². The number of hydrogen-bond donors (Lipinski definition) is 6. The molecule has 1 saturated carbocycles. The molecule has 6 amide bonds. The lowest BCUT2D eigenvalue weighted by atomic mass is 9.48. The molecule has 7 N–H and O–H groups in total. The lowest BCUT2D eigenvalue weighted by Gasteiger charge is -2.63. The summed E-state index contributed by atoms with van der Waals surface area (Å²) in [5, 5.41) is 32.0. The van der Waals surface area contributed by atoms with Gasteiger partial charge in [-0.1, -0.05) is 35.9 Å². The number of carbonyl (C=O) groups excluding carboxylic acids is 6. The Morgan fingerprint density at radius 2 is 1.53 bits per heavy atom. The van der Waals surface area contributed by atoms with Crippen LogP contribution in [-0.4, -0.2) is 177 Å². The van der Waals surface area contributed by atoms with Gasteiger partial charge in [-0.05, 0) is 157 Å². The molecule has 2 bridgehead atoms. The van der Waals surface area contributed by atoms with Gasteiger partial charge in [0.1, 0.15) is 32.5 Å². The number of likely N-dealkylation sites (N-methyl/N-ethyl adjacent to an activating group) is 1. The molecule has 0 aromatic heterocycles. The van der Waals surface area contributed by atoms with Crippen LogP contribution in [0.1, 0.15) is 84.0 Å². The van der Waals surface area contributed by atoms with Gasteiger partial charge in [0.05, 0.1) is 17.1 Å². The van der Waals surface area contributed by atoms with Crippen molar-refractivity contribution in [2.24, 2.45) is 17.6 Å². The molecule has 3 aromatic carbocycles. The van der Waals surface area contributed by atoms with Crippen molar-refractivity contribution in [2.45, 2.75) is 100 Å². The highest BCUT2D eigenvalue weighted by Gasteiger charge is 2.72. The second kappa shape index (κ2) is 23.8. The van der Waals surface area contributed by atoms with Gasteiger partial charge in [0.15, 0.2) is 11.5 Å². The number of phenols is 1. The van der Waals surface area contributed by atoms with Gasteiger partial charge >= 0.3 is 0 Å². The third-order valence-electron chi connectivity index (χ3n) is 17.0. The minimum absolute atomic E-state index is 0.0135. The Bertz CT molecular complexity index is 2640. The molecule has 1 spiro atoms. The van der Waals surface area contributed by atoms with E-state index in [1.807, 2.05) is 55.3 Å². The van der Waals surface area contributed by atoms with Gasteiger partial charge < -0.3 is 65.7 Å². The van der Waals surface area contributed by atoms with Crippen molar-refractivity contribution in [1.82, 2.24) is 30.7 Å². The average Bonchev–Trinajstić information content (AvgIpc) is 4.00. The van der Waals surface area contributed by atoms with Gasteiger partial charge in [-0.15, -0.1) is 0 Å². The summed E-state index contributed by atoms with van der Waals surface area (Å²) >= 11 is 6.55. The number of nitrogens with two attached hydrogens (primary N) is 1. The number of amides is 6. The Balaban J connectivity index is 0.636. The molecule has 76 heavy (non-hydrogen) atoms. The molecule has 2 unspecified atom stereocenters. The number of likely N-dealkylation sites (tertiary alicyclic amines) is 3. The van der Waals surface area contributed by atoms with E-state index < -0.39 is 46.8 Å². The summed E-state index contributed by atoms with van der Waals surface area (Å²) in [5.41, 5.74) is 8.86. The maximum atomic E-state index is 14.2. The number of anilines is 1. The van der Waals surface area contributed by atoms with Gasteiger partial charge in [-0.25, -0.2) is 0 Å². The van der Waals surface area contributed by atoms with Crippen molar-refractivity contribution >= 4 is 52.7 Å². The fourth-order valence-electron chi connectivity index (χ4n) is 12.9. The van der Waals surface area contributed by atoms with Gasteiger partial charge in [0.25, 0.3) is 0 Å². The molecule has 2 aliphatic carbocycles. The highest BCUT2D eigenvalue weighted by molar-refractivity contribution is 6.31. The predicted octanol–water partition coefficient (Wildman–Crippen LogP) is 2.60. The maximum Gasteiger partial charge on any atom is 0.248 e. The van der Waals surface area contributed by atoms with E-state index in [2.05, 4.69) is 25.8 Å². The largest absolute Gasteiger partial charge is 0.504 e. The monoisotopic (exact) mass is 1070 g/mol. The van der Waals surface area contributed by atoms with Gasteiger partial charge in [-0.3, -0.25) is 28.8 Å². The molecule has 19 nitrogen and oxygen atoms in total. The smallest absolute Gasteiger partial charge is 0.248 e. The number of nitrogens with zero attached hydrogens (tertiary/aromatic N) is 4. The van der Waals surface area contributed by atoms with E-state index in [1.165, 1.54) is 5.56 Å².